The first-order valence-electron chi connectivity index (χ1n) is 6.50. The Morgan fingerprint density at radius 3 is 2.63 bits per heavy atom. The average Bonchev–Trinajstić information content (AvgIpc) is 2.38. The quantitative estimate of drug-likeness (QED) is 0.221. The largest absolute Gasteiger partial charge is 0.466 e. The van der Waals surface area contributed by atoms with Crippen LogP contribution in [0.1, 0.15) is 32.6 Å². The van der Waals surface area contributed by atoms with Gasteiger partial charge in [0.2, 0.25) is 0 Å². The molecule has 0 unspecified atom stereocenters. The number of ether oxygens (including phenoxy) is 1. The predicted molar refractivity (Wildman–Crippen MR) is 75.6 cm³/mol. The Bertz CT molecular complexity index is 316. The summed E-state index contributed by atoms with van der Waals surface area (Å²) >= 11 is 0. The molecule has 0 bridgehead atoms. The van der Waals surface area contributed by atoms with Crippen LogP contribution in [0.3, 0.4) is 0 Å². The van der Waals surface area contributed by atoms with Gasteiger partial charge in [-0.15, -0.1) is 0 Å². The highest BCUT2D eigenvalue weighted by Crippen LogP contribution is 2.02. The van der Waals surface area contributed by atoms with Gasteiger partial charge in [0.15, 0.2) is 0 Å². The summed E-state index contributed by atoms with van der Waals surface area (Å²) in [6, 6.07) is 0. The fraction of sp³-hybridized carbons (Fsp3) is 0.533. The molecule has 2 N–H and O–H groups in total. The number of aliphatic hydroxyl groups excluding tert-OH is 2. The Labute approximate surface area is 115 Å². The molecule has 0 fully saturated rings. The van der Waals surface area contributed by atoms with Crippen LogP contribution < -0.4 is 0 Å². The first kappa shape index (κ1) is 17.6. The lowest BCUT2D eigenvalue weighted by Crippen LogP contribution is -1.99. The van der Waals surface area contributed by atoms with Crippen LogP contribution in [0.15, 0.2) is 36.5 Å². The fourth-order valence-electron chi connectivity index (χ4n) is 1.36. The number of carbonyl (C=O) groups is 1. The second-order valence-corrected chi connectivity index (χ2v) is 4.32. The summed E-state index contributed by atoms with van der Waals surface area (Å²) in [6.45, 7) is 1.78. The molecule has 0 amide bonds. The van der Waals surface area contributed by atoms with E-state index in [0.717, 1.165) is 19.3 Å². The second kappa shape index (κ2) is 11.7. The molecular formula is C15H24O4. The van der Waals surface area contributed by atoms with Gasteiger partial charge in [0.05, 0.1) is 19.3 Å². The third kappa shape index (κ3) is 12.9. The van der Waals surface area contributed by atoms with Crippen molar-refractivity contribution in [1.29, 1.82) is 0 Å². The van der Waals surface area contributed by atoms with E-state index in [1.54, 1.807) is 19.1 Å². The highest BCUT2D eigenvalue weighted by molar-refractivity contribution is 5.82. The summed E-state index contributed by atoms with van der Waals surface area (Å²) < 4.78 is 4.43. The molecule has 4 heteroatoms. The molecule has 0 aliphatic rings. The summed E-state index contributed by atoms with van der Waals surface area (Å²) in [4.78, 5) is 10.7. The van der Waals surface area contributed by atoms with Crippen molar-refractivity contribution in [2.24, 2.45) is 0 Å². The maximum Gasteiger partial charge on any atom is 0.330 e. The van der Waals surface area contributed by atoms with E-state index in [1.807, 2.05) is 12.2 Å². The van der Waals surface area contributed by atoms with E-state index >= 15 is 0 Å². The first-order valence-corrected chi connectivity index (χ1v) is 6.50. The maximum absolute atomic E-state index is 10.7. The van der Waals surface area contributed by atoms with Crippen LogP contribution in [-0.4, -0.2) is 35.5 Å². The van der Waals surface area contributed by atoms with Gasteiger partial charge in [-0.05, 0) is 32.6 Å². The smallest absolute Gasteiger partial charge is 0.330 e. The van der Waals surface area contributed by atoms with Crippen molar-refractivity contribution in [3.8, 4) is 0 Å². The number of aliphatic hydroxyl groups is 2. The Balaban J connectivity index is 3.71. The topological polar surface area (TPSA) is 66.8 Å². The van der Waals surface area contributed by atoms with E-state index in [4.69, 9.17) is 5.11 Å². The lowest BCUT2D eigenvalue weighted by atomic mass is 10.1. The SMILES string of the molecule is COC(=O)/C=C/C=C/[C@@H](O)C/C=C/CCC[C@@H](C)O. The number of hydrogen-bond donors (Lipinski definition) is 2. The van der Waals surface area contributed by atoms with Crippen molar-refractivity contribution in [3.05, 3.63) is 36.5 Å². The van der Waals surface area contributed by atoms with Crippen LogP contribution in [0.5, 0.6) is 0 Å². The van der Waals surface area contributed by atoms with E-state index in [9.17, 15) is 9.90 Å². The zero-order valence-corrected chi connectivity index (χ0v) is 11.7. The third-order valence-corrected chi connectivity index (χ3v) is 2.41. The van der Waals surface area contributed by atoms with E-state index in [-0.39, 0.29) is 6.10 Å². The molecule has 0 aliphatic carbocycles. The van der Waals surface area contributed by atoms with E-state index < -0.39 is 12.1 Å². The van der Waals surface area contributed by atoms with Gasteiger partial charge < -0.3 is 14.9 Å². The van der Waals surface area contributed by atoms with Crippen molar-refractivity contribution in [1.82, 2.24) is 0 Å². The second-order valence-electron chi connectivity index (χ2n) is 4.32. The van der Waals surface area contributed by atoms with Crippen LogP contribution in [-0.2, 0) is 9.53 Å². The molecule has 0 saturated carbocycles. The summed E-state index contributed by atoms with van der Waals surface area (Å²) in [5.41, 5.74) is 0. The Morgan fingerprint density at radius 1 is 1.26 bits per heavy atom. The minimum atomic E-state index is -0.560. The summed E-state index contributed by atoms with van der Waals surface area (Å²) in [7, 11) is 1.31. The number of carbonyl (C=O) groups excluding carboxylic acids is 1. The molecule has 108 valence electrons. The molecule has 0 rings (SSSR count). The van der Waals surface area contributed by atoms with Crippen LogP contribution in [0.4, 0.5) is 0 Å². The van der Waals surface area contributed by atoms with Gasteiger partial charge in [-0.2, -0.15) is 0 Å². The lowest BCUT2D eigenvalue weighted by Gasteiger charge is -2.01. The number of methoxy groups -OCH3 is 1. The standard InChI is InChI=1S/C15H24O4/c1-13(16)9-5-3-4-6-10-14(17)11-7-8-12-15(18)19-2/h4,6-8,11-14,16-17H,3,5,9-10H2,1-2H3/b6-4+,11-7+,12-8+/t13-,14+/m1/s1. The number of hydrogen-bond acceptors (Lipinski definition) is 4. The zero-order chi connectivity index (χ0) is 14.5. The zero-order valence-electron chi connectivity index (χ0n) is 11.7. The van der Waals surface area contributed by atoms with E-state index in [2.05, 4.69) is 4.74 Å². The van der Waals surface area contributed by atoms with Crippen LogP contribution >= 0.6 is 0 Å². The molecule has 0 heterocycles. The van der Waals surface area contributed by atoms with Gasteiger partial charge in [0.1, 0.15) is 0 Å². The Morgan fingerprint density at radius 2 is 2.00 bits per heavy atom. The predicted octanol–water partition coefficient (Wildman–Crippen LogP) is 2.13. The monoisotopic (exact) mass is 268 g/mol. The van der Waals surface area contributed by atoms with E-state index in [1.165, 1.54) is 19.3 Å². The van der Waals surface area contributed by atoms with Gasteiger partial charge in [0, 0.05) is 6.08 Å². The molecule has 19 heavy (non-hydrogen) atoms. The molecule has 0 aromatic rings. The van der Waals surface area contributed by atoms with Crippen molar-refractivity contribution >= 4 is 5.97 Å². The van der Waals surface area contributed by atoms with Gasteiger partial charge in [-0.1, -0.05) is 30.4 Å². The summed E-state index contributed by atoms with van der Waals surface area (Å²) in [5.74, 6) is -0.419. The minimum absolute atomic E-state index is 0.247. The number of esters is 1. The molecule has 4 nitrogen and oxygen atoms in total. The summed E-state index contributed by atoms with van der Waals surface area (Å²) in [5, 5.41) is 18.7. The number of allylic oxidation sites excluding steroid dienone is 3. The molecule has 0 radical (unpaired) electrons. The van der Waals surface area contributed by atoms with Crippen LogP contribution in [0.25, 0.3) is 0 Å². The van der Waals surface area contributed by atoms with Gasteiger partial charge in [-0.25, -0.2) is 4.79 Å². The van der Waals surface area contributed by atoms with Crippen LogP contribution in [0.2, 0.25) is 0 Å². The van der Waals surface area contributed by atoms with Gasteiger partial charge >= 0.3 is 5.97 Å². The molecule has 0 aromatic carbocycles. The highest BCUT2D eigenvalue weighted by atomic mass is 16.5. The molecule has 0 spiro atoms. The molecule has 0 saturated heterocycles. The van der Waals surface area contributed by atoms with Crippen molar-refractivity contribution in [2.75, 3.05) is 7.11 Å². The van der Waals surface area contributed by atoms with Gasteiger partial charge in [0.25, 0.3) is 0 Å². The third-order valence-electron chi connectivity index (χ3n) is 2.41. The highest BCUT2D eigenvalue weighted by Gasteiger charge is 1.95. The molecule has 2 atom stereocenters. The number of rotatable bonds is 9. The van der Waals surface area contributed by atoms with Crippen molar-refractivity contribution in [3.63, 3.8) is 0 Å². The van der Waals surface area contributed by atoms with E-state index in [0.29, 0.717) is 6.42 Å². The first-order chi connectivity index (χ1) is 9.06. The van der Waals surface area contributed by atoms with Crippen molar-refractivity contribution in [2.45, 2.75) is 44.8 Å². The fourth-order valence-corrected chi connectivity index (χ4v) is 1.36. The number of unbranched alkanes of at least 4 members (excludes halogenated alkanes) is 1. The molecule has 0 aromatic heterocycles. The normalized spacial score (nSPS) is 15.4. The Hall–Kier alpha value is -1.39. The van der Waals surface area contributed by atoms with Gasteiger partial charge in [-0.3, -0.25) is 0 Å². The Kier molecular flexibility index (Phi) is 10.8. The molecule has 0 aliphatic heterocycles. The maximum atomic E-state index is 10.7. The average molecular weight is 268 g/mol. The lowest BCUT2D eigenvalue weighted by molar-refractivity contribution is -0.134. The molecular weight excluding hydrogens is 244 g/mol. The minimum Gasteiger partial charge on any atom is -0.466 e. The summed E-state index contributed by atoms with van der Waals surface area (Å²) in [6.07, 6.45) is 12.3. The van der Waals surface area contributed by atoms with Crippen LogP contribution in [0, 0.1) is 0 Å². The van der Waals surface area contributed by atoms with Crippen molar-refractivity contribution < 1.29 is 19.7 Å².